The maximum atomic E-state index is 13.9. The molecule has 1 aromatic heterocycles. The molecular weight excluding hydrogens is 327 g/mol. The lowest BCUT2D eigenvalue weighted by atomic mass is 10.1. The van der Waals surface area contributed by atoms with Crippen molar-refractivity contribution in [1.82, 2.24) is 13.6 Å². The second-order valence-electron chi connectivity index (χ2n) is 5.70. The molecule has 7 heteroatoms. The fraction of sp³-hybridized carbons (Fsp3) is 0.235. The van der Waals surface area contributed by atoms with Gasteiger partial charge in [-0.05, 0) is 30.3 Å². The maximum Gasteiger partial charge on any atom is 0.254 e. The fourth-order valence-corrected chi connectivity index (χ4v) is 3.47. The van der Waals surface area contributed by atoms with Crippen molar-refractivity contribution >= 4 is 34.4 Å². The maximum absolute atomic E-state index is 13.9. The van der Waals surface area contributed by atoms with Crippen LogP contribution in [0.3, 0.4) is 0 Å². The van der Waals surface area contributed by atoms with E-state index in [1.807, 2.05) is 17.0 Å². The number of benzene rings is 2. The van der Waals surface area contributed by atoms with Gasteiger partial charge in [-0.1, -0.05) is 12.1 Å². The molecular formula is C17H15FN4OS. The minimum atomic E-state index is -0.223. The number of carbonyl (C=O) groups excluding carboxylic acids is 1. The summed E-state index contributed by atoms with van der Waals surface area (Å²) in [5.41, 5.74) is 2.77. The van der Waals surface area contributed by atoms with Crippen molar-refractivity contribution in [1.29, 1.82) is 0 Å². The molecule has 0 aliphatic carbocycles. The second-order valence-corrected chi connectivity index (χ2v) is 6.23. The van der Waals surface area contributed by atoms with E-state index in [0.29, 0.717) is 37.4 Å². The Morgan fingerprint density at radius 1 is 1.00 bits per heavy atom. The van der Waals surface area contributed by atoms with Crippen molar-refractivity contribution in [3.05, 3.63) is 53.8 Å². The van der Waals surface area contributed by atoms with Crippen molar-refractivity contribution in [3.8, 4) is 0 Å². The zero-order valence-corrected chi connectivity index (χ0v) is 13.7. The van der Waals surface area contributed by atoms with Gasteiger partial charge in [0.2, 0.25) is 0 Å². The van der Waals surface area contributed by atoms with Crippen molar-refractivity contribution in [2.24, 2.45) is 0 Å². The van der Waals surface area contributed by atoms with Gasteiger partial charge in [0.15, 0.2) is 0 Å². The van der Waals surface area contributed by atoms with E-state index in [9.17, 15) is 9.18 Å². The number of nitrogens with zero attached hydrogens (tertiary/aromatic N) is 4. The van der Waals surface area contributed by atoms with Crippen LogP contribution in [-0.2, 0) is 0 Å². The number of fused-ring (bicyclic) bond motifs is 1. The Hall–Kier alpha value is -2.54. The Kier molecular flexibility index (Phi) is 3.86. The number of amides is 1. The molecule has 2 aromatic carbocycles. The SMILES string of the molecule is O=C(c1ccc2nsnc2c1)N1CCN(c2ccccc2F)CC1. The van der Waals surface area contributed by atoms with Gasteiger partial charge < -0.3 is 9.80 Å². The van der Waals surface area contributed by atoms with Crippen LogP contribution in [0.25, 0.3) is 11.0 Å². The molecule has 1 fully saturated rings. The van der Waals surface area contributed by atoms with Crippen molar-refractivity contribution < 1.29 is 9.18 Å². The number of halogens is 1. The molecule has 2 heterocycles. The predicted octanol–water partition coefficient (Wildman–Crippen LogP) is 2.79. The number of rotatable bonds is 2. The van der Waals surface area contributed by atoms with Gasteiger partial charge in [0.25, 0.3) is 5.91 Å². The van der Waals surface area contributed by atoms with Gasteiger partial charge in [0.05, 0.1) is 17.4 Å². The first kappa shape index (κ1) is 15.0. The molecule has 0 saturated carbocycles. The van der Waals surface area contributed by atoms with Crippen LogP contribution < -0.4 is 4.90 Å². The van der Waals surface area contributed by atoms with E-state index in [4.69, 9.17) is 0 Å². The topological polar surface area (TPSA) is 49.3 Å². The van der Waals surface area contributed by atoms with Gasteiger partial charge >= 0.3 is 0 Å². The number of aromatic nitrogens is 2. The zero-order valence-electron chi connectivity index (χ0n) is 12.9. The third kappa shape index (κ3) is 2.71. The van der Waals surface area contributed by atoms with E-state index in [0.717, 1.165) is 22.8 Å². The molecule has 5 nitrogen and oxygen atoms in total. The molecule has 0 bridgehead atoms. The summed E-state index contributed by atoms with van der Waals surface area (Å²) in [7, 11) is 0. The lowest BCUT2D eigenvalue weighted by Crippen LogP contribution is -2.49. The average Bonchev–Trinajstić information content (AvgIpc) is 3.09. The highest BCUT2D eigenvalue weighted by Crippen LogP contribution is 2.21. The highest BCUT2D eigenvalue weighted by molar-refractivity contribution is 7.00. The highest BCUT2D eigenvalue weighted by atomic mass is 32.1. The van der Waals surface area contributed by atoms with E-state index in [2.05, 4.69) is 8.75 Å². The molecule has 4 rings (SSSR count). The van der Waals surface area contributed by atoms with E-state index < -0.39 is 0 Å². The summed E-state index contributed by atoms with van der Waals surface area (Å²) in [6.45, 7) is 2.38. The molecule has 24 heavy (non-hydrogen) atoms. The number of anilines is 1. The van der Waals surface area contributed by atoms with E-state index in [1.54, 1.807) is 29.2 Å². The van der Waals surface area contributed by atoms with Crippen LogP contribution in [0.5, 0.6) is 0 Å². The summed E-state index contributed by atoms with van der Waals surface area (Å²) in [4.78, 5) is 16.4. The van der Waals surface area contributed by atoms with Crippen LogP contribution in [0.4, 0.5) is 10.1 Å². The first-order chi connectivity index (χ1) is 11.7. The fourth-order valence-electron chi connectivity index (χ4n) is 2.96. The molecule has 1 amide bonds. The predicted molar refractivity (Wildman–Crippen MR) is 91.9 cm³/mol. The smallest absolute Gasteiger partial charge is 0.254 e. The first-order valence-corrected chi connectivity index (χ1v) is 8.46. The van der Waals surface area contributed by atoms with Crippen LogP contribution in [0.15, 0.2) is 42.5 Å². The highest BCUT2D eigenvalue weighted by Gasteiger charge is 2.23. The molecule has 0 N–H and O–H groups in total. The summed E-state index contributed by atoms with van der Waals surface area (Å²) in [6.07, 6.45) is 0. The van der Waals surface area contributed by atoms with E-state index in [-0.39, 0.29) is 11.7 Å². The molecule has 1 saturated heterocycles. The summed E-state index contributed by atoms with van der Waals surface area (Å²) in [5.74, 6) is -0.239. The number of carbonyl (C=O) groups is 1. The van der Waals surface area contributed by atoms with Gasteiger partial charge in [-0.3, -0.25) is 4.79 Å². The Labute approximate surface area is 142 Å². The minimum Gasteiger partial charge on any atom is -0.366 e. The van der Waals surface area contributed by atoms with Gasteiger partial charge in [0, 0.05) is 31.7 Å². The molecule has 122 valence electrons. The van der Waals surface area contributed by atoms with Gasteiger partial charge in [0.1, 0.15) is 16.9 Å². The quantitative estimate of drug-likeness (QED) is 0.719. The summed E-state index contributed by atoms with van der Waals surface area (Å²) in [5, 5.41) is 0. The van der Waals surface area contributed by atoms with Crippen LogP contribution in [0.1, 0.15) is 10.4 Å². The average molecular weight is 342 g/mol. The second kappa shape index (κ2) is 6.16. The summed E-state index contributed by atoms with van der Waals surface area (Å²) in [6, 6.07) is 12.1. The Bertz CT molecular complexity index is 889. The summed E-state index contributed by atoms with van der Waals surface area (Å²) < 4.78 is 22.2. The number of para-hydroxylation sites is 1. The Morgan fingerprint density at radius 2 is 1.75 bits per heavy atom. The van der Waals surface area contributed by atoms with Crippen LogP contribution in [0.2, 0.25) is 0 Å². The Morgan fingerprint density at radius 3 is 2.54 bits per heavy atom. The van der Waals surface area contributed by atoms with Crippen molar-refractivity contribution in [2.45, 2.75) is 0 Å². The normalized spacial score (nSPS) is 15.0. The third-order valence-electron chi connectivity index (χ3n) is 4.26. The van der Waals surface area contributed by atoms with Crippen molar-refractivity contribution in [2.75, 3.05) is 31.1 Å². The molecule has 1 aliphatic rings. The monoisotopic (exact) mass is 342 g/mol. The lowest BCUT2D eigenvalue weighted by molar-refractivity contribution is 0.0747. The standard InChI is InChI=1S/C17H15FN4OS/c18-13-3-1-2-4-16(13)21-7-9-22(10-8-21)17(23)12-5-6-14-15(11-12)20-24-19-14/h1-6,11H,7-10H2. The first-order valence-electron chi connectivity index (χ1n) is 7.73. The largest absolute Gasteiger partial charge is 0.366 e. The molecule has 0 unspecified atom stereocenters. The summed E-state index contributed by atoms with van der Waals surface area (Å²) >= 11 is 1.14. The van der Waals surface area contributed by atoms with Gasteiger partial charge in [-0.2, -0.15) is 8.75 Å². The number of hydrogen-bond acceptors (Lipinski definition) is 5. The van der Waals surface area contributed by atoms with Crippen LogP contribution in [-0.4, -0.2) is 45.7 Å². The molecule has 0 spiro atoms. The van der Waals surface area contributed by atoms with Crippen molar-refractivity contribution in [3.63, 3.8) is 0 Å². The van der Waals surface area contributed by atoms with E-state index >= 15 is 0 Å². The van der Waals surface area contributed by atoms with Gasteiger partial charge in [-0.15, -0.1) is 0 Å². The van der Waals surface area contributed by atoms with Crippen LogP contribution in [0, 0.1) is 5.82 Å². The number of piperazine rings is 1. The Balaban J connectivity index is 1.47. The van der Waals surface area contributed by atoms with Gasteiger partial charge in [-0.25, -0.2) is 4.39 Å². The number of hydrogen-bond donors (Lipinski definition) is 0. The van der Waals surface area contributed by atoms with Crippen LogP contribution >= 0.6 is 11.7 Å². The molecule has 1 aliphatic heterocycles. The third-order valence-corrected chi connectivity index (χ3v) is 4.82. The van der Waals surface area contributed by atoms with E-state index in [1.165, 1.54) is 6.07 Å². The lowest BCUT2D eigenvalue weighted by Gasteiger charge is -2.36. The zero-order chi connectivity index (χ0) is 16.5. The molecule has 3 aromatic rings. The molecule has 0 atom stereocenters. The minimum absolute atomic E-state index is 0.0157. The molecule has 0 radical (unpaired) electrons.